The Morgan fingerprint density at radius 1 is 1.24 bits per heavy atom. The van der Waals surface area contributed by atoms with Gasteiger partial charge in [-0.25, -0.2) is 0 Å². The van der Waals surface area contributed by atoms with Crippen molar-refractivity contribution in [1.82, 2.24) is 10.2 Å². The van der Waals surface area contributed by atoms with E-state index in [0.717, 1.165) is 28.9 Å². The highest BCUT2D eigenvalue weighted by Crippen LogP contribution is 2.35. The summed E-state index contributed by atoms with van der Waals surface area (Å²) in [6.07, 6.45) is 1.76. The molecule has 0 spiro atoms. The molecule has 0 saturated heterocycles. The molecule has 1 N–H and O–H groups in total. The summed E-state index contributed by atoms with van der Waals surface area (Å²) >= 11 is 1.80. The smallest absolute Gasteiger partial charge is 0.258 e. The summed E-state index contributed by atoms with van der Waals surface area (Å²) in [6.45, 7) is 0.738. The molecule has 2 heterocycles. The molecule has 0 fully saturated rings. The number of thioether (sulfide) groups is 1. The number of para-hydroxylation sites is 1. The van der Waals surface area contributed by atoms with Gasteiger partial charge >= 0.3 is 0 Å². The van der Waals surface area contributed by atoms with Crippen LogP contribution in [0.1, 0.15) is 10.4 Å². The Kier molecular flexibility index (Phi) is 2.93. The number of amides is 1. The van der Waals surface area contributed by atoms with Crippen molar-refractivity contribution in [2.75, 3.05) is 17.2 Å². The minimum absolute atomic E-state index is 0.0410. The van der Waals surface area contributed by atoms with Crippen LogP contribution in [0.25, 0.3) is 10.9 Å². The molecule has 21 heavy (non-hydrogen) atoms. The van der Waals surface area contributed by atoms with Crippen molar-refractivity contribution >= 4 is 34.3 Å². The molecular weight excluding hydrogens is 282 g/mol. The number of rotatable bonds is 1. The average Bonchev–Trinajstić information content (AvgIpc) is 3.01. The fourth-order valence-corrected chi connectivity index (χ4v) is 3.60. The molecule has 4 rings (SSSR count). The first-order valence-corrected chi connectivity index (χ1v) is 7.78. The van der Waals surface area contributed by atoms with Crippen LogP contribution in [-0.2, 0) is 0 Å². The first kappa shape index (κ1) is 12.5. The van der Waals surface area contributed by atoms with E-state index in [2.05, 4.69) is 16.3 Å². The van der Waals surface area contributed by atoms with Gasteiger partial charge in [0, 0.05) is 28.1 Å². The van der Waals surface area contributed by atoms with Gasteiger partial charge in [-0.15, -0.1) is 11.8 Å². The monoisotopic (exact) mass is 295 g/mol. The number of aromatic nitrogens is 2. The summed E-state index contributed by atoms with van der Waals surface area (Å²) in [5.74, 6) is 0.967. The molecule has 1 aliphatic rings. The number of benzene rings is 2. The number of nitrogens with one attached hydrogen (secondary N) is 1. The van der Waals surface area contributed by atoms with E-state index >= 15 is 0 Å². The average molecular weight is 295 g/mol. The maximum Gasteiger partial charge on any atom is 0.258 e. The zero-order valence-corrected chi connectivity index (χ0v) is 12.1. The zero-order chi connectivity index (χ0) is 14.2. The van der Waals surface area contributed by atoms with Crippen molar-refractivity contribution < 1.29 is 4.79 Å². The first-order valence-electron chi connectivity index (χ1n) is 6.80. The van der Waals surface area contributed by atoms with Crippen molar-refractivity contribution in [3.63, 3.8) is 0 Å². The van der Waals surface area contributed by atoms with E-state index in [1.54, 1.807) is 18.0 Å². The van der Waals surface area contributed by atoms with Gasteiger partial charge in [0.15, 0.2) is 0 Å². The topological polar surface area (TPSA) is 49.0 Å². The number of aromatic amines is 1. The number of fused-ring (bicyclic) bond motifs is 2. The summed E-state index contributed by atoms with van der Waals surface area (Å²) in [4.78, 5) is 15.8. The van der Waals surface area contributed by atoms with Gasteiger partial charge < -0.3 is 4.90 Å². The molecule has 1 aliphatic heterocycles. The standard InChI is InChI=1S/C16H13N3OS/c20-16(11-5-6-12-10-17-18-13(12)9-11)19-7-8-21-15-4-2-1-3-14(15)19/h1-6,9-10H,7-8H2,(H,17,18). The zero-order valence-electron chi connectivity index (χ0n) is 11.2. The number of H-pyrrole nitrogens is 1. The molecule has 1 aromatic heterocycles. The molecule has 0 atom stereocenters. The molecule has 0 aliphatic carbocycles. The lowest BCUT2D eigenvalue weighted by Crippen LogP contribution is -2.35. The Bertz CT molecular complexity index is 827. The van der Waals surface area contributed by atoms with Crippen LogP contribution in [0.15, 0.2) is 53.6 Å². The van der Waals surface area contributed by atoms with Crippen LogP contribution in [0.4, 0.5) is 5.69 Å². The third-order valence-corrected chi connectivity index (χ3v) is 4.71. The van der Waals surface area contributed by atoms with Gasteiger partial charge in [-0.05, 0) is 24.3 Å². The molecule has 3 aromatic rings. The van der Waals surface area contributed by atoms with Crippen LogP contribution in [0, 0.1) is 0 Å². The van der Waals surface area contributed by atoms with Crippen LogP contribution < -0.4 is 4.90 Å². The number of hydrogen-bond donors (Lipinski definition) is 1. The van der Waals surface area contributed by atoms with E-state index in [1.807, 2.05) is 41.3 Å². The largest absolute Gasteiger partial charge is 0.306 e. The lowest BCUT2D eigenvalue weighted by Gasteiger charge is -2.29. The van der Waals surface area contributed by atoms with Crippen molar-refractivity contribution in [3.8, 4) is 0 Å². The fraction of sp³-hybridized carbons (Fsp3) is 0.125. The minimum atomic E-state index is 0.0410. The van der Waals surface area contributed by atoms with Crippen molar-refractivity contribution in [2.45, 2.75) is 4.90 Å². The first-order chi connectivity index (χ1) is 10.3. The summed E-state index contributed by atoms with van der Waals surface area (Å²) in [5.41, 5.74) is 2.58. The molecule has 0 unspecified atom stereocenters. The van der Waals surface area contributed by atoms with Crippen LogP contribution in [0.2, 0.25) is 0 Å². The second-order valence-corrected chi connectivity index (χ2v) is 6.08. The van der Waals surface area contributed by atoms with Crippen molar-refractivity contribution in [1.29, 1.82) is 0 Å². The summed E-state index contributed by atoms with van der Waals surface area (Å²) in [7, 11) is 0. The lowest BCUT2D eigenvalue weighted by molar-refractivity contribution is 0.0988. The Balaban J connectivity index is 1.75. The Hall–Kier alpha value is -2.27. The molecule has 5 heteroatoms. The summed E-state index contributed by atoms with van der Waals surface area (Å²) < 4.78 is 0. The Morgan fingerprint density at radius 2 is 2.14 bits per heavy atom. The molecule has 0 bridgehead atoms. The predicted octanol–water partition coefficient (Wildman–Crippen LogP) is 3.32. The normalized spacial score (nSPS) is 14.2. The number of carbonyl (C=O) groups excluding carboxylic acids is 1. The quantitative estimate of drug-likeness (QED) is 0.749. The molecule has 0 saturated carbocycles. The van der Waals surface area contributed by atoms with Crippen LogP contribution >= 0.6 is 11.8 Å². The number of hydrogen-bond acceptors (Lipinski definition) is 3. The predicted molar refractivity (Wildman–Crippen MR) is 84.9 cm³/mol. The maximum atomic E-state index is 12.8. The minimum Gasteiger partial charge on any atom is -0.306 e. The SMILES string of the molecule is O=C(c1ccc2cn[nH]c2c1)N1CCSc2ccccc21. The van der Waals surface area contributed by atoms with E-state index in [0.29, 0.717) is 5.56 Å². The van der Waals surface area contributed by atoms with Gasteiger partial charge in [0.25, 0.3) is 5.91 Å². The highest BCUT2D eigenvalue weighted by molar-refractivity contribution is 7.99. The number of carbonyl (C=O) groups is 1. The molecule has 1 amide bonds. The fourth-order valence-electron chi connectivity index (χ4n) is 2.61. The molecule has 0 radical (unpaired) electrons. The van der Waals surface area contributed by atoms with E-state index < -0.39 is 0 Å². The van der Waals surface area contributed by atoms with Crippen LogP contribution in [0.3, 0.4) is 0 Å². The highest BCUT2D eigenvalue weighted by atomic mass is 32.2. The molecule has 104 valence electrons. The van der Waals surface area contributed by atoms with Gasteiger partial charge in [0.1, 0.15) is 0 Å². The van der Waals surface area contributed by atoms with Gasteiger partial charge in [-0.3, -0.25) is 9.89 Å². The lowest BCUT2D eigenvalue weighted by atomic mass is 10.1. The molecule has 2 aromatic carbocycles. The van der Waals surface area contributed by atoms with Gasteiger partial charge in [0.05, 0.1) is 17.4 Å². The van der Waals surface area contributed by atoms with Gasteiger partial charge in [-0.2, -0.15) is 5.10 Å². The summed E-state index contributed by atoms with van der Waals surface area (Å²) in [5, 5.41) is 7.92. The molecular formula is C16H13N3OS. The van der Waals surface area contributed by atoms with E-state index in [4.69, 9.17) is 0 Å². The third-order valence-electron chi connectivity index (χ3n) is 3.66. The van der Waals surface area contributed by atoms with Gasteiger partial charge in [0.2, 0.25) is 0 Å². The number of anilines is 1. The van der Waals surface area contributed by atoms with E-state index in [-0.39, 0.29) is 5.91 Å². The maximum absolute atomic E-state index is 12.8. The molecule has 4 nitrogen and oxygen atoms in total. The Labute approximate surface area is 126 Å². The Morgan fingerprint density at radius 3 is 3.10 bits per heavy atom. The number of nitrogens with zero attached hydrogens (tertiary/aromatic N) is 2. The van der Waals surface area contributed by atoms with E-state index in [9.17, 15) is 4.79 Å². The van der Waals surface area contributed by atoms with E-state index in [1.165, 1.54) is 4.90 Å². The third kappa shape index (κ3) is 2.10. The van der Waals surface area contributed by atoms with Crippen molar-refractivity contribution in [2.24, 2.45) is 0 Å². The second kappa shape index (κ2) is 4.93. The second-order valence-electron chi connectivity index (χ2n) is 4.95. The van der Waals surface area contributed by atoms with Crippen LogP contribution in [-0.4, -0.2) is 28.4 Å². The van der Waals surface area contributed by atoms with Crippen molar-refractivity contribution in [3.05, 3.63) is 54.2 Å². The van der Waals surface area contributed by atoms with Crippen LogP contribution in [0.5, 0.6) is 0 Å². The summed E-state index contributed by atoms with van der Waals surface area (Å²) in [6, 6.07) is 13.7. The van der Waals surface area contributed by atoms with Gasteiger partial charge in [-0.1, -0.05) is 18.2 Å². The highest BCUT2D eigenvalue weighted by Gasteiger charge is 2.23.